The predicted molar refractivity (Wildman–Crippen MR) is 142 cm³/mol. The van der Waals surface area contributed by atoms with E-state index in [-0.39, 0.29) is 5.56 Å². The number of aromatic amines is 1. The number of nitrogens with one attached hydrogen (secondary N) is 2. The third kappa shape index (κ3) is 4.69. The average molecular weight is 499 g/mol. The van der Waals surface area contributed by atoms with Gasteiger partial charge in [-0.3, -0.25) is 9.78 Å². The summed E-state index contributed by atoms with van der Waals surface area (Å²) in [6, 6.07) is 19.9. The molecule has 0 aliphatic carbocycles. The van der Waals surface area contributed by atoms with E-state index >= 15 is 0 Å². The number of morpholine rings is 1. The van der Waals surface area contributed by atoms with Gasteiger partial charge in [0.25, 0.3) is 0 Å². The third-order valence-corrected chi connectivity index (χ3v) is 7.38. The largest absolute Gasteiger partial charge is 0.454 e. The lowest BCUT2D eigenvalue weighted by Crippen LogP contribution is -2.36. The van der Waals surface area contributed by atoms with Crippen molar-refractivity contribution in [2.24, 2.45) is 0 Å². The summed E-state index contributed by atoms with van der Waals surface area (Å²) >= 11 is 1.67. The Labute approximate surface area is 213 Å². The molecule has 2 aromatic carbocycles. The van der Waals surface area contributed by atoms with Crippen LogP contribution < -0.4 is 20.5 Å². The highest BCUT2D eigenvalue weighted by Crippen LogP contribution is 2.51. The normalized spacial score (nSPS) is 14.5. The van der Waals surface area contributed by atoms with Gasteiger partial charge in [0, 0.05) is 42.3 Å². The lowest BCUT2D eigenvalue weighted by Gasteiger charge is -2.29. The van der Waals surface area contributed by atoms with Crippen molar-refractivity contribution < 1.29 is 9.47 Å². The Kier molecular flexibility index (Phi) is 6.13. The van der Waals surface area contributed by atoms with Crippen molar-refractivity contribution in [2.75, 3.05) is 36.5 Å². The predicted octanol–water partition coefficient (Wildman–Crippen LogP) is 5.45. The van der Waals surface area contributed by atoms with Crippen LogP contribution in [0.25, 0.3) is 11.3 Å². The van der Waals surface area contributed by atoms with Crippen LogP contribution in [-0.2, 0) is 11.3 Å². The first-order valence-corrected chi connectivity index (χ1v) is 12.8. The van der Waals surface area contributed by atoms with Crippen LogP contribution in [0.1, 0.15) is 11.3 Å². The van der Waals surface area contributed by atoms with Crippen molar-refractivity contribution in [2.45, 2.75) is 23.3 Å². The topological polar surface area (TPSA) is 79.5 Å². The number of nitrogens with zero attached hydrogens (tertiary/aromatic N) is 2. The summed E-state index contributed by atoms with van der Waals surface area (Å²) in [7, 11) is 0. The molecular formula is C28H26N4O3S. The minimum atomic E-state index is -0.130. The maximum atomic E-state index is 12.5. The standard InChI is InChI=1S/C28H26N4O3S/c1-18-5-6-20(29-16-18)17-30-19-7-8-24-26(13-19)36-25-4-2-3-22(28(25)35-24)23-14-21(15-27(33)31-23)32-9-11-34-12-10-32/h2-8,13-16,30H,9-12,17H2,1H3,(H,31,33). The van der Waals surface area contributed by atoms with Gasteiger partial charge in [0.15, 0.2) is 5.75 Å². The van der Waals surface area contributed by atoms with Gasteiger partial charge in [-0.1, -0.05) is 23.9 Å². The van der Waals surface area contributed by atoms with Crippen molar-refractivity contribution >= 4 is 23.1 Å². The van der Waals surface area contributed by atoms with Crippen molar-refractivity contribution in [1.29, 1.82) is 0 Å². The summed E-state index contributed by atoms with van der Waals surface area (Å²) in [5, 5.41) is 3.45. The van der Waals surface area contributed by atoms with E-state index < -0.39 is 0 Å². The number of H-pyrrole nitrogens is 1. The van der Waals surface area contributed by atoms with E-state index in [1.54, 1.807) is 17.8 Å². The molecule has 0 saturated carbocycles. The molecule has 36 heavy (non-hydrogen) atoms. The first kappa shape index (κ1) is 22.7. The lowest BCUT2D eigenvalue weighted by molar-refractivity contribution is 0.122. The Balaban J connectivity index is 1.26. The summed E-state index contributed by atoms with van der Waals surface area (Å²) in [5.74, 6) is 1.56. The fourth-order valence-electron chi connectivity index (χ4n) is 4.40. The van der Waals surface area contributed by atoms with Gasteiger partial charge in [0.1, 0.15) is 5.75 Å². The number of aryl methyl sites for hydroxylation is 1. The highest BCUT2D eigenvalue weighted by Gasteiger charge is 2.23. The van der Waals surface area contributed by atoms with Gasteiger partial charge in [0.2, 0.25) is 5.56 Å². The van der Waals surface area contributed by atoms with E-state index in [0.717, 1.165) is 68.3 Å². The molecule has 2 aliphatic heterocycles. The number of hydrogen-bond acceptors (Lipinski definition) is 7. The second-order valence-electron chi connectivity index (χ2n) is 8.89. The van der Waals surface area contributed by atoms with E-state index in [4.69, 9.17) is 9.47 Å². The van der Waals surface area contributed by atoms with Gasteiger partial charge in [-0.2, -0.15) is 0 Å². The van der Waals surface area contributed by atoms with Crippen LogP contribution >= 0.6 is 11.8 Å². The Morgan fingerprint density at radius 1 is 1.06 bits per heavy atom. The quantitative estimate of drug-likeness (QED) is 0.334. The molecule has 2 aromatic heterocycles. The van der Waals surface area contributed by atoms with Crippen LogP contribution in [0.5, 0.6) is 11.5 Å². The van der Waals surface area contributed by atoms with Gasteiger partial charge in [0.05, 0.1) is 40.9 Å². The molecule has 0 radical (unpaired) electrons. The highest BCUT2D eigenvalue weighted by molar-refractivity contribution is 7.99. The van der Waals surface area contributed by atoms with Crippen molar-refractivity contribution in [3.63, 3.8) is 0 Å². The Hall–Kier alpha value is -3.75. The number of rotatable bonds is 5. The number of fused-ring (bicyclic) bond motifs is 2. The minimum absolute atomic E-state index is 0.130. The van der Waals surface area contributed by atoms with E-state index in [0.29, 0.717) is 19.8 Å². The highest BCUT2D eigenvalue weighted by atomic mass is 32.2. The monoisotopic (exact) mass is 498 g/mol. The molecule has 6 rings (SSSR count). The molecule has 4 aromatic rings. The lowest BCUT2D eigenvalue weighted by atomic mass is 10.1. The van der Waals surface area contributed by atoms with Gasteiger partial charge < -0.3 is 24.7 Å². The Morgan fingerprint density at radius 3 is 2.78 bits per heavy atom. The molecular weight excluding hydrogens is 472 g/mol. The zero-order chi connectivity index (χ0) is 24.5. The number of benzene rings is 2. The number of pyridine rings is 2. The summed E-state index contributed by atoms with van der Waals surface area (Å²) < 4.78 is 11.9. The molecule has 0 amide bonds. The van der Waals surface area contributed by atoms with Crippen LogP contribution in [0.15, 0.2) is 81.4 Å². The molecule has 7 nitrogen and oxygen atoms in total. The maximum Gasteiger partial charge on any atom is 0.250 e. The van der Waals surface area contributed by atoms with Crippen molar-refractivity contribution in [3.8, 4) is 22.8 Å². The third-order valence-electron chi connectivity index (χ3n) is 6.30. The fourth-order valence-corrected chi connectivity index (χ4v) is 5.42. The zero-order valence-corrected chi connectivity index (χ0v) is 20.7. The first-order chi connectivity index (χ1) is 17.6. The zero-order valence-electron chi connectivity index (χ0n) is 19.9. The van der Waals surface area contributed by atoms with E-state index in [9.17, 15) is 4.79 Å². The molecule has 8 heteroatoms. The number of anilines is 2. The summed E-state index contributed by atoms with van der Waals surface area (Å²) in [6.07, 6.45) is 1.88. The van der Waals surface area contributed by atoms with Gasteiger partial charge in [-0.05, 0) is 55.0 Å². The van der Waals surface area contributed by atoms with Crippen LogP contribution in [-0.4, -0.2) is 36.3 Å². The van der Waals surface area contributed by atoms with Crippen LogP contribution in [0.4, 0.5) is 11.4 Å². The molecule has 4 heterocycles. The molecule has 1 fully saturated rings. The number of aromatic nitrogens is 2. The molecule has 2 N–H and O–H groups in total. The fraction of sp³-hybridized carbons (Fsp3) is 0.214. The SMILES string of the molecule is Cc1ccc(CNc2ccc3c(c2)Sc2cccc(-c4cc(N5CCOCC5)cc(=O)[nH]4)c2O3)nc1. The maximum absolute atomic E-state index is 12.5. The van der Waals surface area contributed by atoms with Gasteiger partial charge >= 0.3 is 0 Å². The molecule has 1 saturated heterocycles. The minimum Gasteiger partial charge on any atom is -0.454 e. The average Bonchev–Trinajstić information content (AvgIpc) is 2.91. The Bertz CT molecular complexity index is 1460. The Morgan fingerprint density at radius 2 is 1.94 bits per heavy atom. The summed E-state index contributed by atoms with van der Waals surface area (Å²) in [4.78, 5) is 24.2. The van der Waals surface area contributed by atoms with E-state index in [2.05, 4.69) is 32.3 Å². The first-order valence-electron chi connectivity index (χ1n) is 12.0. The van der Waals surface area contributed by atoms with Crippen molar-refractivity contribution in [3.05, 3.63) is 88.5 Å². The molecule has 2 aliphatic rings. The number of hydrogen-bond donors (Lipinski definition) is 2. The van der Waals surface area contributed by atoms with E-state index in [1.165, 1.54) is 0 Å². The molecule has 182 valence electrons. The second kappa shape index (κ2) is 9.72. The van der Waals surface area contributed by atoms with Crippen LogP contribution in [0.2, 0.25) is 0 Å². The van der Waals surface area contributed by atoms with Gasteiger partial charge in [-0.15, -0.1) is 0 Å². The second-order valence-corrected chi connectivity index (χ2v) is 9.98. The molecule has 0 bridgehead atoms. The van der Waals surface area contributed by atoms with Crippen molar-refractivity contribution in [1.82, 2.24) is 9.97 Å². The van der Waals surface area contributed by atoms with E-state index in [1.807, 2.05) is 55.6 Å². The van der Waals surface area contributed by atoms with Gasteiger partial charge in [-0.25, -0.2) is 0 Å². The smallest absolute Gasteiger partial charge is 0.250 e. The van der Waals surface area contributed by atoms with Crippen LogP contribution in [0.3, 0.4) is 0 Å². The van der Waals surface area contributed by atoms with Crippen LogP contribution in [0, 0.1) is 6.92 Å². The number of ether oxygens (including phenoxy) is 2. The summed E-state index contributed by atoms with van der Waals surface area (Å²) in [6.45, 7) is 5.55. The number of para-hydroxylation sites is 1. The molecule has 0 spiro atoms. The molecule has 0 atom stereocenters. The summed E-state index contributed by atoms with van der Waals surface area (Å²) in [5.41, 5.74) is 5.53. The molecule has 0 unspecified atom stereocenters.